The van der Waals surface area contributed by atoms with Gasteiger partial charge in [0.05, 0.1) is 64.6 Å². The summed E-state index contributed by atoms with van der Waals surface area (Å²) in [5, 5.41) is 231. The van der Waals surface area contributed by atoms with Gasteiger partial charge in [-0.15, -0.1) is 0 Å². The highest BCUT2D eigenvalue weighted by Crippen LogP contribution is 2.40. The van der Waals surface area contributed by atoms with Crippen LogP contribution in [0.5, 0.6) is 0 Å². The first-order valence-corrected chi connectivity index (χ1v) is 25.0. The van der Waals surface area contributed by atoms with Crippen LogP contribution in [0.3, 0.4) is 0 Å². The van der Waals surface area contributed by atoms with Crippen LogP contribution in [-0.4, -0.2) is 362 Å². The molecule has 0 saturated carbocycles. The van der Waals surface area contributed by atoms with Crippen molar-refractivity contribution in [2.45, 2.75) is 215 Å². The largest absolute Gasteiger partial charge is 0.394 e. The molecule has 21 N–H and O–H groups in total. The molecule has 34 nitrogen and oxygen atoms in total. The Kier molecular flexibility index (Phi) is 20.9. The Hall–Kier alpha value is -1.36. The maximum absolute atomic E-state index is 11.4. The fourth-order valence-corrected chi connectivity index (χ4v) is 11.0. The van der Waals surface area contributed by atoms with Gasteiger partial charge in [0.1, 0.15) is 153 Å². The highest BCUT2D eigenvalue weighted by molar-refractivity contribution is 5.02. The Labute approximate surface area is 435 Å². The fourth-order valence-electron chi connectivity index (χ4n) is 11.0. The van der Waals surface area contributed by atoms with Gasteiger partial charge in [-0.3, -0.25) is 0 Å². The van der Waals surface area contributed by atoms with E-state index in [1.165, 1.54) is 0 Å². The predicted octanol–water partition coefficient (Wildman–Crippen LogP) is -14.6. The van der Waals surface area contributed by atoms with E-state index in [1.807, 2.05) is 0 Å². The molecular weight excluding hydrogens is 1060 g/mol. The summed E-state index contributed by atoms with van der Waals surface area (Å²) in [5.74, 6) is -1.38. The Bertz CT molecular complexity index is 1470. The molecule has 35 atom stereocenters. The van der Waals surface area contributed by atoms with Crippen LogP contribution in [0.4, 0.5) is 0 Å². The number of aliphatic hydroxyl groups excluding tert-OH is 21. The molecule has 21 heterocycles. The summed E-state index contributed by atoms with van der Waals surface area (Å²) in [5.41, 5.74) is 0. The quantitative estimate of drug-likeness (QED) is 0.113. The summed E-state index contributed by atoms with van der Waals surface area (Å²) in [4.78, 5) is 0. The molecule has 21 aliphatic heterocycles. The van der Waals surface area contributed by atoms with Gasteiger partial charge in [-0.1, -0.05) is 0 Å². The molecule has 0 radical (unpaired) electrons. The Morgan fingerprint density at radius 3 is 0.636 bits per heavy atom. The zero-order valence-electron chi connectivity index (χ0n) is 40.6. The molecule has 0 aromatic rings. The van der Waals surface area contributed by atoms with E-state index in [9.17, 15) is 107 Å². The smallest absolute Gasteiger partial charge is 0.187 e. The van der Waals surface area contributed by atoms with Crippen LogP contribution in [0.25, 0.3) is 0 Å². The molecule has 0 amide bonds. The van der Waals surface area contributed by atoms with Crippen molar-refractivity contribution in [2.75, 3.05) is 46.2 Å². The summed E-state index contributed by atoms with van der Waals surface area (Å²) >= 11 is 0. The molecule has 0 unspecified atom stereocenters. The van der Waals surface area contributed by atoms with Gasteiger partial charge in [0.2, 0.25) is 0 Å². The summed E-state index contributed by atoms with van der Waals surface area (Å²) in [6, 6.07) is 0. The zero-order valence-corrected chi connectivity index (χ0v) is 40.6. The third-order valence-corrected chi connectivity index (χ3v) is 15.4. The summed E-state index contributed by atoms with van der Waals surface area (Å²) in [6.07, 6.45) is -66.8. The van der Waals surface area contributed by atoms with Crippen LogP contribution in [0.2, 0.25) is 0 Å². The first-order valence-electron chi connectivity index (χ1n) is 25.0. The number of ether oxygens (including phenoxy) is 13. The second-order valence-electron chi connectivity index (χ2n) is 20.1. The maximum atomic E-state index is 11.4. The monoisotopic (exact) mass is 1130 g/mol. The van der Waals surface area contributed by atoms with E-state index in [1.54, 1.807) is 0 Å². The first-order chi connectivity index (χ1) is 36.7. The van der Waals surface area contributed by atoms with Crippen LogP contribution in [-0.2, 0) is 61.6 Å². The Morgan fingerprint density at radius 2 is 0.403 bits per heavy atom. The SMILES string of the molecule is OC[C@@H]1O[C@@H]2O[C@H]3[C@H](O)[C@@H](O)[C@@H](O[C@H]4[C@H](O)[C@@H](O)[C@@H](O[C@H]5[C@H](O)[C@@H](O)[C@@H](O[C@H]6[C@H](O)[C@@H](O)[C@@H](O[C@H]7[C@H](O)[C@@H](O)[C@@H](O[C@H]8[C@H](O)[C@@H](O)[C@@H](C[C@H]1[C@@H](O)[C@H]2O)O[C@@H]8CO)O[C@@H]7CO)O[C@@H]6CO)O[C@@H]5CO)O[C@@H]4CO)O[C@@H]3CO. The molecule has 448 valence electrons. The highest BCUT2D eigenvalue weighted by Gasteiger charge is 2.59. The standard InChI is InChI=1S/C43H72O34/c44-2-11-9-1-10-19(52)20(53)32(12(3-45)65-10)72-39-27(60)22(55)34(14(5-47)67-39)74-41-29(62)24(57)36(16(7-49)69-41)76-43-31(64)25(58)37(17(8-50)71-43)77-42-30(63)23(56)35(15(6-48)70-42)75-40-28(61)21(54)33(13(4-46)68-40)73-38(66-11)26(59)18(9)51/h9-64H,1-8H2/t9-,10-,11+,12-,13-,14-,15-,16-,17-,18-,19+,20-,21-,22-,23-,24-,25-,26-,27-,28-,29-,30-,31-,32-,33-,34-,35-,36-,37-,38-,39-,40-,41-,42-,43-/m1/s1. The molecule has 0 aromatic carbocycles. The lowest BCUT2D eigenvalue weighted by molar-refractivity contribution is -0.396. The molecular formula is C43H72O34. The number of rotatable bonds is 7. The van der Waals surface area contributed by atoms with Crippen LogP contribution >= 0.6 is 0 Å². The highest BCUT2D eigenvalue weighted by atomic mass is 16.8. The van der Waals surface area contributed by atoms with Crippen LogP contribution in [0.15, 0.2) is 0 Å². The minimum absolute atomic E-state index is 0.542. The van der Waals surface area contributed by atoms with Gasteiger partial charge >= 0.3 is 0 Å². The fraction of sp³-hybridized carbons (Fsp3) is 1.00. The maximum Gasteiger partial charge on any atom is 0.187 e. The predicted molar refractivity (Wildman–Crippen MR) is 232 cm³/mol. The van der Waals surface area contributed by atoms with E-state index in [0.717, 1.165) is 0 Å². The van der Waals surface area contributed by atoms with Gasteiger partial charge < -0.3 is 169 Å². The van der Waals surface area contributed by atoms with Gasteiger partial charge in [0.25, 0.3) is 0 Å². The van der Waals surface area contributed by atoms with E-state index in [0.29, 0.717) is 0 Å². The first kappa shape index (κ1) is 61.7. The molecule has 21 aliphatic rings. The molecule has 0 aromatic heterocycles. The van der Waals surface area contributed by atoms with E-state index in [2.05, 4.69) is 0 Å². The van der Waals surface area contributed by atoms with Crippen molar-refractivity contribution < 1.29 is 169 Å². The van der Waals surface area contributed by atoms with Gasteiger partial charge in [0, 0.05) is 5.92 Å². The van der Waals surface area contributed by atoms with Crippen LogP contribution < -0.4 is 0 Å². The van der Waals surface area contributed by atoms with E-state index in [-0.39, 0.29) is 0 Å². The van der Waals surface area contributed by atoms with Crippen molar-refractivity contribution in [3.05, 3.63) is 0 Å². The van der Waals surface area contributed by atoms with E-state index in [4.69, 9.17) is 61.6 Å². The summed E-state index contributed by atoms with van der Waals surface area (Å²) < 4.78 is 74.3. The van der Waals surface area contributed by atoms with Crippen LogP contribution in [0, 0.1) is 5.92 Å². The summed E-state index contributed by atoms with van der Waals surface area (Å²) in [6.45, 7) is -7.05. The molecule has 34 heteroatoms. The molecule has 0 aliphatic carbocycles. The van der Waals surface area contributed by atoms with Gasteiger partial charge in [-0.05, 0) is 6.42 Å². The van der Waals surface area contributed by atoms with E-state index >= 15 is 0 Å². The van der Waals surface area contributed by atoms with Gasteiger partial charge in [-0.25, -0.2) is 0 Å². The summed E-state index contributed by atoms with van der Waals surface area (Å²) in [7, 11) is 0. The third kappa shape index (κ3) is 12.1. The Balaban J connectivity index is 1.08. The number of hydrogen-bond acceptors (Lipinski definition) is 34. The van der Waals surface area contributed by atoms with Crippen molar-refractivity contribution in [2.24, 2.45) is 5.92 Å². The normalized spacial score (nSPS) is 55.4. The second kappa shape index (κ2) is 26.1. The van der Waals surface area contributed by atoms with E-state index < -0.39 is 267 Å². The molecule has 21 fully saturated rings. The zero-order chi connectivity index (χ0) is 56.1. The molecule has 77 heavy (non-hydrogen) atoms. The average molecular weight is 1130 g/mol. The average Bonchev–Trinajstić information content (AvgIpc) is 3.45. The van der Waals surface area contributed by atoms with Gasteiger partial charge in [-0.2, -0.15) is 0 Å². The van der Waals surface area contributed by atoms with Crippen molar-refractivity contribution in [3.63, 3.8) is 0 Å². The van der Waals surface area contributed by atoms with Crippen molar-refractivity contribution in [1.29, 1.82) is 0 Å². The lowest BCUT2D eigenvalue weighted by Crippen LogP contribution is -2.68. The molecule has 0 spiro atoms. The molecule has 14 bridgehead atoms. The molecule has 21 saturated heterocycles. The topological polar surface area (TPSA) is 545 Å². The van der Waals surface area contributed by atoms with Crippen molar-refractivity contribution >= 4 is 0 Å². The Morgan fingerprint density at radius 1 is 0.208 bits per heavy atom. The van der Waals surface area contributed by atoms with Crippen molar-refractivity contribution in [3.8, 4) is 0 Å². The third-order valence-electron chi connectivity index (χ3n) is 15.4. The van der Waals surface area contributed by atoms with Crippen LogP contribution in [0.1, 0.15) is 6.42 Å². The number of aliphatic hydroxyl groups is 21. The molecule has 21 rings (SSSR count). The second-order valence-corrected chi connectivity index (χ2v) is 20.1. The lowest BCUT2D eigenvalue weighted by atomic mass is 9.81. The minimum Gasteiger partial charge on any atom is -0.394 e. The minimum atomic E-state index is -2.20. The van der Waals surface area contributed by atoms with Gasteiger partial charge in [0.15, 0.2) is 37.7 Å². The lowest BCUT2D eigenvalue weighted by Gasteiger charge is -2.50. The number of hydrogen-bond donors (Lipinski definition) is 21. The van der Waals surface area contributed by atoms with Crippen molar-refractivity contribution in [1.82, 2.24) is 0 Å².